The average Bonchev–Trinajstić information content (AvgIpc) is 2.70. The SMILES string of the molecule is C[C@H](O)c1ccc(N2CCc3ccccc3CC2)c(Br)c1. The molecular weight excluding hydrogens is 326 g/mol. The van der Waals surface area contributed by atoms with E-state index < -0.39 is 6.10 Å². The van der Waals surface area contributed by atoms with Gasteiger partial charge in [0.1, 0.15) is 0 Å². The third kappa shape index (κ3) is 3.14. The Balaban J connectivity index is 1.83. The number of aliphatic hydroxyl groups excluding tert-OH is 1. The van der Waals surface area contributed by atoms with Crippen molar-refractivity contribution in [1.82, 2.24) is 0 Å². The molecule has 2 aromatic rings. The van der Waals surface area contributed by atoms with Crippen molar-refractivity contribution in [3.63, 3.8) is 0 Å². The molecule has 1 aliphatic heterocycles. The van der Waals surface area contributed by atoms with E-state index in [1.165, 1.54) is 16.8 Å². The minimum atomic E-state index is -0.427. The molecule has 1 aliphatic rings. The summed E-state index contributed by atoms with van der Waals surface area (Å²) in [5, 5.41) is 9.68. The molecular formula is C18H20BrNO. The highest BCUT2D eigenvalue weighted by Crippen LogP contribution is 2.31. The largest absolute Gasteiger partial charge is 0.389 e. The lowest BCUT2D eigenvalue weighted by molar-refractivity contribution is 0.199. The second-order valence-electron chi connectivity index (χ2n) is 5.64. The lowest BCUT2D eigenvalue weighted by Crippen LogP contribution is -2.26. The van der Waals surface area contributed by atoms with Crippen molar-refractivity contribution in [3.8, 4) is 0 Å². The van der Waals surface area contributed by atoms with Gasteiger partial charge >= 0.3 is 0 Å². The van der Waals surface area contributed by atoms with Gasteiger partial charge in [-0.1, -0.05) is 30.3 Å². The summed E-state index contributed by atoms with van der Waals surface area (Å²) in [6.45, 7) is 3.86. The number of nitrogens with zero attached hydrogens (tertiary/aromatic N) is 1. The highest BCUT2D eigenvalue weighted by Gasteiger charge is 2.16. The van der Waals surface area contributed by atoms with E-state index in [-0.39, 0.29) is 0 Å². The molecule has 110 valence electrons. The standard InChI is InChI=1S/C18H20BrNO/c1-13(21)16-6-7-18(17(19)12-16)20-10-8-14-4-2-3-5-15(14)9-11-20/h2-7,12-13,21H,8-11H2,1H3/t13-/m0/s1. The van der Waals surface area contributed by atoms with E-state index in [0.29, 0.717) is 0 Å². The summed E-state index contributed by atoms with van der Waals surface area (Å²) in [4.78, 5) is 2.43. The number of rotatable bonds is 2. The van der Waals surface area contributed by atoms with Gasteiger partial charge in [0.05, 0.1) is 11.8 Å². The van der Waals surface area contributed by atoms with Crippen LogP contribution in [0.15, 0.2) is 46.9 Å². The normalized spacial score (nSPS) is 16.2. The zero-order valence-corrected chi connectivity index (χ0v) is 13.8. The molecule has 0 saturated heterocycles. The van der Waals surface area contributed by atoms with Crippen LogP contribution in [0.5, 0.6) is 0 Å². The molecule has 0 saturated carbocycles. The molecule has 0 fully saturated rings. The monoisotopic (exact) mass is 345 g/mol. The Hall–Kier alpha value is -1.32. The van der Waals surface area contributed by atoms with Crippen LogP contribution in [0, 0.1) is 0 Å². The first kappa shape index (κ1) is 14.6. The highest BCUT2D eigenvalue weighted by atomic mass is 79.9. The van der Waals surface area contributed by atoms with Crippen molar-refractivity contribution in [1.29, 1.82) is 0 Å². The van der Waals surface area contributed by atoms with Gasteiger partial charge in [0.2, 0.25) is 0 Å². The molecule has 2 nitrogen and oxygen atoms in total. The van der Waals surface area contributed by atoms with Crippen molar-refractivity contribution in [2.24, 2.45) is 0 Å². The van der Waals surface area contributed by atoms with E-state index >= 15 is 0 Å². The van der Waals surface area contributed by atoms with Crippen molar-refractivity contribution >= 4 is 21.6 Å². The maximum atomic E-state index is 9.68. The number of anilines is 1. The summed E-state index contributed by atoms with van der Waals surface area (Å²) in [5.74, 6) is 0. The first-order chi connectivity index (χ1) is 10.1. The van der Waals surface area contributed by atoms with Crippen LogP contribution >= 0.6 is 15.9 Å². The molecule has 0 aliphatic carbocycles. The molecule has 3 heteroatoms. The van der Waals surface area contributed by atoms with E-state index in [2.05, 4.69) is 51.2 Å². The van der Waals surface area contributed by atoms with E-state index in [1.807, 2.05) is 12.1 Å². The maximum absolute atomic E-state index is 9.68. The summed E-state index contributed by atoms with van der Waals surface area (Å²) < 4.78 is 1.06. The summed E-state index contributed by atoms with van der Waals surface area (Å²) in [6.07, 6.45) is 1.74. The fourth-order valence-corrected chi connectivity index (χ4v) is 3.60. The van der Waals surface area contributed by atoms with Gasteiger partial charge in [-0.3, -0.25) is 0 Å². The molecule has 0 spiro atoms. The molecule has 1 heterocycles. The highest BCUT2D eigenvalue weighted by molar-refractivity contribution is 9.10. The topological polar surface area (TPSA) is 23.5 Å². The predicted octanol–water partition coefficient (Wildman–Crippen LogP) is 4.11. The van der Waals surface area contributed by atoms with Gasteiger partial charge in [0.15, 0.2) is 0 Å². The number of hydrogen-bond donors (Lipinski definition) is 1. The van der Waals surface area contributed by atoms with Gasteiger partial charge in [-0.25, -0.2) is 0 Å². The second kappa shape index (κ2) is 6.20. The molecule has 1 atom stereocenters. The van der Waals surface area contributed by atoms with Gasteiger partial charge in [0, 0.05) is 17.6 Å². The van der Waals surface area contributed by atoms with Gasteiger partial charge in [-0.2, -0.15) is 0 Å². The summed E-state index contributed by atoms with van der Waals surface area (Å²) >= 11 is 3.66. The van der Waals surface area contributed by atoms with Gasteiger partial charge in [-0.15, -0.1) is 0 Å². The van der Waals surface area contributed by atoms with Crippen LogP contribution in [-0.2, 0) is 12.8 Å². The van der Waals surface area contributed by atoms with Crippen LogP contribution in [0.25, 0.3) is 0 Å². The Morgan fingerprint density at radius 3 is 2.19 bits per heavy atom. The third-order valence-electron chi connectivity index (χ3n) is 4.22. The summed E-state index contributed by atoms with van der Waals surface area (Å²) in [7, 11) is 0. The predicted molar refractivity (Wildman–Crippen MR) is 90.8 cm³/mol. The fourth-order valence-electron chi connectivity index (χ4n) is 2.95. The Morgan fingerprint density at radius 1 is 1.05 bits per heavy atom. The maximum Gasteiger partial charge on any atom is 0.0762 e. The van der Waals surface area contributed by atoms with Crippen LogP contribution in [0.4, 0.5) is 5.69 Å². The van der Waals surface area contributed by atoms with Crippen LogP contribution in [0.1, 0.15) is 29.7 Å². The van der Waals surface area contributed by atoms with Gasteiger partial charge < -0.3 is 10.0 Å². The van der Waals surface area contributed by atoms with Crippen molar-refractivity contribution in [3.05, 3.63) is 63.6 Å². The zero-order chi connectivity index (χ0) is 14.8. The Bertz CT molecular complexity index is 612. The number of benzene rings is 2. The molecule has 0 unspecified atom stereocenters. The Morgan fingerprint density at radius 2 is 1.67 bits per heavy atom. The summed E-state index contributed by atoms with van der Waals surface area (Å²) in [5.41, 5.74) is 5.10. The molecule has 0 amide bonds. The number of fused-ring (bicyclic) bond motifs is 1. The number of halogens is 1. The first-order valence-electron chi connectivity index (χ1n) is 7.44. The van der Waals surface area contributed by atoms with E-state index in [1.54, 1.807) is 6.92 Å². The van der Waals surface area contributed by atoms with Crippen LogP contribution in [-0.4, -0.2) is 18.2 Å². The Kier molecular flexibility index (Phi) is 4.32. The number of aliphatic hydroxyl groups is 1. The minimum absolute atomic E-state index is 0.427. The Labute approximate surface area is 134 Å². The quantitative estimate of drug-likeness (QED) is 0.885. The zero-order valence-electron chi connectivity index (χ0n) is 12.2. The molecule has 0 radical (unpaired) electrons. The van der Waals surface area contributed by atoms with Crippen LogP contribution < -0.4 is 4.90 Å². The first-order valence-corrected chi connectivity index (χ1v) is 8.23. The van der Waals surface area contributed by atoms with Gasteiger partial charge in [0.25, 0.3) is 0 Å². The van der Waals surface area contributed by atoms with Gasteiger partial charge in [-0.05, 0) is 64.5 Å². The van der Waals surface area contributed by atoms with Crippen molar-refractivity contribution < 1.29 is 5.11 Å². The smallest absolute Gasteiger partial charge is 0.0762 e. The molecule has 0 aromatic heterocycles. The lowest BCUT2D eigenvalue weighted by atomic mass is 10.0. The van der Waals surface area contributed by atoms with Crippen LogP contribution in [0.3, 0.4) is 0 Å². The lowest BCUT2D eigenvalue weighted by Gasteiger charge is -2.24. The van der Waals surface area contributed by atoms with E-state index in [9.17, 15) is 5.11 Å². The fraction of sp³-hybridized carbons (Fsp3) is 0.333. The van der Waals surface area contributed by atoms with E-state index in [0.717, 1.165) is 36.0 Å². The third-order valence-corrected chi connectivity index (χ3v) is 4.85. The number of hydrogen-bond acceptors (Lipinski definition) is 2. The average molecular weight is 346 g/mol. The molecule has 3 rings (SSSR count). The molecule has 1 N–H and O–H groups in total. The van der Waals surface area contributed by atoms with Crippen LogP contribution in [0.2, 0.25) is 0 Å². The van der Waals surface area contributed by atoms with Crippen molar-refractivity contribution in [2.45, 2.75) is 25.9 Å². The van der Waals surface area contributed by atoms with Crippen molar-refractivity contribution in [2.75, 3.05) is 18.0 Å². The minimum Gasteiger partial charge on any atom is -0.389 e. The second-order valence-corrected chi connectivity index (χ2v) is 6.50. The molecule has 0 bridgehead atoms. The molecule has 21 heavy (non-hydrogen) atoms. The van der Waals surface area contributed by atoms with E-state index in [4.69, 9.17) is 0 Å². The summed E-state index contributed by atoms with van der Waals surface area (Å²) in [6, 6.07) is 14.9. The molecule has 2 aromatic carbocycles.